The van der Waals surface area contributed by atoms with E-state index in [9.17, 15) is 4.39 Å². The van der Waals surface area contributed by atoms with Gasteiger partial charge in [0.05, 0.1) is 0 Å². The van der Waals surface area contributed by atoms with Crippen LogP contribution in [0, 0.1) is 5.82 Å². The van der Waals surface area contributed by atoms with Gasteiger partial charge in [-0.05, 0) is 30.2 Å². The second-order valence-electron chi connectivity index (χ2n) is 3.40. The maximum Gasteiger partial charge on any atom is 0.123 e. The summed E-state index contributed by atoms with van der Waals surface area (Å²) >= 11 is 0. The third-order valence-electron chi connectivity index (χ3n) is 2.34. The van der Waals surface area contributed by atoms with E-state index >= 15 is 0 Å². The summed E-state index contributed by atoms with van der Waals surface area (Å²) in [5, 5.41) is 0. The molecular formula is C13H12FN. The fraction of sp³-hybridized carbons (Fsp3) is 0.154. The third-order valence-corrected chi connectivity index (χ3v) is 2.34. The second kappa shape index (κ2) is 4.22. The van der Waals surface area contributed by atoms with E-state index < -0.39 is 0 Å². The molecule has 1 nitrogen and oxygen atoms in total. The van der Waals surface area contributed by atoms with Crippen LogP contribution in [-0.4, -0.2) is 4.98 Å². The molecule has 1 aromatic carbocycles. The first-order chi connectivity index (χ1) is 7.29. The molecule has 0 saturated carbocycles. The minimum absolute atomic E-state index is 0.216. The van der Waals surface area contributed by atoms with Crippen molar-refractivity contribution in [2.24, 2.45) is 0 Å². The Labute approximate surface area is 88.6 Å². The van der Waals surface area contributed by atoms with E-state index in [1.54, 1.807) is 12.3 Å². The molecule has 0 fully saturated rings. The molecule has 2 aromatic rings. The maximum absolute atomic E-state index is 13.0. The van der Waals surface area contributed by atoms with E-state index in [0.717, 1.165) is 23.2 Å². The van der Waals surface area contributed by atoms with Gasteiger partial charge in [-0.1, -0.05) is 25.1 Å². The van der Waals surface area contributed by atoms with Crippen molar-refractivity contribution < 1.29 is 4.39 Å². The fourth-order valence-corrected chi connectivity index (χ4v) is 1.47. The van der Waals surface area contributed by atoms with Gasteiger partial charge in [0.1, 0.15) is 5.82 Å². The Balaban J connectivity index is 2.37. The molecule has 0 saturated heterocycles. The number of aromatic nitrogens is 1. The van der Waals surface area contributed by atoms with Gasteiger partial charge in [-0.15, -0.1) is 0 Å². The second-order valence-corrected chi connectivity index (χ2v) is 3.40. The summed E-state index contributed by atoms with van der Waals surface area (Å²) in [5.41, 5.74) is 2.87. The van der Waals surface area contributed by atoms with E-state index in [4.69, 9.17) is 0 Å². The predicted octanol–water partition coefficient (Wildman–Crippen LogP) is 3.45. The van der Waals surface area contributed by atoms with Gasteiger partial charge in [0.15, 0.2) is 0 Å². The van der Waals surface area contributed by atoms with Gasteiger partial charge in [0.2, 0.25) is 0 Å². The van der Waals surface area contributed by atoms with E-state index in [1.165, 1.54) is 12.1 Å². The molecular weight excluding hydrogens is 189 g/mol. The van der Waals surface area contributed by atoms with Crippen molar-refractivity contribution >= 4 is 0 Å². The summed E-state index contributed by atoms with van der Waals surface area (Å²) in [6.07, 6.45) is 2.71. The smallest absolute Gasteiger partial charge is 0.123 e. The summed E-state index contributed by atoms with van der Waals surface area (Å²) in [6, 6.07) is 10.5. The molecule has 0 N–H and O–H groups in total. The molecule has 0 aliphatic rings. The van der Waals surface area contributed by atoms with Crippen molar-refractivity contribution in [1.82, 2.24) is 4.98 Å². The number of rotatable bonds is 2. The number of hydrogen-bond donors (Lipinski definition) is 0. The molecule has 76 valence electrons. The van der Waals surface area contributed by atoms with Crippen molar-refractivity contribution in [1.29, 1.82) is 0 Å². The molecule has 15 heavy (non-hydrogen) atoms. The van der Waals surface area contributed by atoms with Crippen LogP contribution in [0.4, 0.5) is 4.39 Å². The number of pyridine rings is 1. The number of aryl methyl sites for hydroxylation is 1. The highest BCUT2D eigenvalue weighted by Gasteiger charge is 1.99. The molecule has 0 aliphatic heterocycles. The summed E-state index contributed by atoms with van der Waals surface area (Å²) in [7, 11) is 0. The molecule has 2 heteroatoms. The SMILES string of the molecule is CCc1ccc(-c2cccc(F)c2)cn1. The number of hydrogen-bond acceptors (Lipinski definition) is 1. The average Bonchev–Trinajstić information content (AvgIpc) is 2.29. The fourth-order valence-electron chi connectivity index (χ4n) is 1.47. The van der Waals surface area contributed by atoms with Crippen LogP contribution in [0.25, 0.3) is 11.1 Å². The Morgan fingerprint density at radius 3 is 2.60 bits per heavy atom. The minimum atomic E-state index is -0.216. The molecule has 0 bridgehead atoms. The van der Waals surface area contributed by atoms with Crippen molar-refractivity contribution in [2.75, 3.05) is 0 Å². The molecule has 0 spiro atoms. The zero-order valence-corrected chi connectivity index (χ0v) is 8.57. The van der Waals surface area contributed by atoms with Gasteiger partial charge in [-0.2, -0.15) is 0 Å². The van der Waals surface area contributed by atoms with Crippen molar-refractivity contribution in [3.05, 3.63) is 54.1 Å². The van der Waals surface area contributed by atoms with Crippen LogP contribution in [0.2, 0.25) is 0 Å². The lowest BCUT2D eigenvalue weighted by Gasteiger charge is -2.02. The first-order valence-electron chi connectivity index (χ1n) is 5.00. The number of nitrogens with zero attached hydrogens (tertiary/aromatic N) is 1. The lowest BCUT2D eigenvalue weighted by molar-refractivity contribution is 0.628. The first kappa shape index (κ1) is 9.84. The molecule has 1 heterocycles. The molecule has 1 aromatic heterocycles. The quantitative estimate of drug-likeness (QED) is 0.725. The van der Waals surface area contributed by atoms with Crippen molar-refractivity contribution in [2.45, 2.75) is 13.3 Å². The monoisotopic (exact) mass is 201 g/mol. The maximum atomic E-state index is 13.0. The van der Waals surface area contributed by atoms with E-state index in [2.05, 4.69) is 11.9 Å². The molecule has 0 amide bonds. The van der Waals surface area contributed by atoms with Gasteiger partial charge >= 0.3 is 0 Å². The van der Waals surface area contributed by atoms with Gasteiger partial charge in [-0.3, -0.25) is 4.98 Å². The zero-order chi connectivity index (χ0) is 10.7. The Kier molecular flexibility index (Phi) is 2.77. The highest BCUT2D eigenvalue weighted by Crippen LogP contribution is 2.19. The van der Waals surface area contributed by atoms with Crippen molar-refractivity contribution in [3.8, 4) is 11.1 Å². The Hall–Kier alpha value is -1.70. The summed E-state index contributed by atoms with van der Waals surface area (Å²) in [5.74, 6) is -0.216. The topological polar surface area (TPSA) is 12.9 Å². The lowest BCUT2D eigenvalue weighted by atomic mass is 10.1. The van der Waals surface area contributed by atoms with Gasteiger partial charge in [0.25, 0.3) is 0 Å². The molecule has 0 unspecified atom stereocenters. The van der Waals surface area contributed by atoms with Crippen LogP contribution >= 0.6 is 0 Å². The number of halogens is 1. The lowest BCUT2D eigenvalue weighted by Crippen LogP contribution is -1.87. The van der Waals surface area contributed by atoms with Crippen LogP contribution in [0.5, 0.6) is 0 Å². The van der Waals surface area contributed by atoms with Crippen LogP contribution in [-0.2, 0) is 6.42 Å². The van der Waals surface area contributed by atoms with Crippen LogP contribution in [0.3, 0.4) is 0 Å². The predicted molar refractivity (Wildman–Crippen MR) is 59.0 cm³/mol. The van der Waals surface area contributed by atoms with Crippen LogP contribution in [0.15, 0.2) is 42.6 Å². The standard InChI is InChI=1S/C13H12FN/c1-2-13-7-6-11(9-15-13)10-4-3-5-12(14)8-10/h3-9H,2H2,1H3. The number of benzene rings is 1. The zero-order valence-electron chi connectivity index (χ0n) is 8.57. The van der Waals surface area contributed by atoms with Crippen LogP contribution < -0.4 is 0 Å². The third kappa shape index (κ3) is 2.21. The Morgan fingerprint density at radius 2 is 2.00 bits per heavy atom. The highest BCUT2D eigenvalue weighted by atomic mass is 19.1. The van der Waals surface area contributed by atoms with Gasteiger partial charge in [-0.25, -0.2) is 4.39 Å². The summed E-state index contributed by atoms with van der Waals surface area (Å²) in [6.45, 7) is 2.06. The largest absolute Gasteiger partial charge is 0.261 e. The summed E-state index contributed by atoms with van der Waals surface area (Å²) < 4.78 is 13.0. The Morgan fingerprint density at radius 1 is 1.13 bits per heavy atom. The van der Waals surface area contributed by atoms with Gasteiger partial charge in [0, 0.05) is 17.5 Å². The first-order valence-corrected chi connectivity index (χ1v) is 5.00. The highest BCUT2D eigenvalue weighted by molar-refractivity contribution is 5.62. The van der Waals surface area contributed by atoms with Crippen LogP contribution in [0.1, 0.15) is 12.6 Å². The molecule has 2 rings (SSSR count). The Bertz CT molecular complexity index is 448. The summed E-state index contributed by atoms with van der Waals surface area (Å²) in [4.78, 5) is 4.28. The molecule has 0 radical (unpaired) electrons. The van der Waals surface area contributed by atoms with Gasteiger partial charge < -0.3 is 0 Å². The minimum Gasteiger partial charge on any atom is -0.261 e. The van der Waals surface area contributed by atoms with E-state index in [1.807, 2.05) is 18.2 Å². The van der Waals surface area contributed by atoms with E-state index in [-0.39, 0.29) is 5.82 Å². The normalized spacial score (nSPS) is 10.3. The average molecular weight is 201 g/mol. The molecule has 0 atom stereocenters. The van der Waals surface area contributed by atoms with Crippen molar-refractivity contribution in [3.63, 3.8) is 0 Å². The molecule has 0 aliphatic carbocycles. The van der Waals surface area contributed by atoms with E-state index in [0.29, 0.717) is 0 Å².